The van der Waals surface area contributed by atoms with Gasteiger partial charge in [-0.1, -0.05) is 6.07 Å². The Morgan fingerprint density at radius 1 is 1.19 bits per heavy atom. The molecule has 0 atom stereocenters. The van der Waals surface area contributed by atoms with Crippen LogP contribution >= 0.6 is 11.3 Å². The molecule has 0 aliphatic carbocycles. The molecule has 0 amide bonds. The van der Waals surface area contributed by atoms with Crippen LogP contribution in [0.25, 0.3) is 21.7 Å². The summed E-state index contributed by atoms with van der Waals surface area (Å²) in [6.45, 7) is 2.19. The zero-order valence-electron chi connectivity index (χ0n) is 11.8. The number of rotatable bonds is 2. The van der Waals surface area contributed by atoms with Gasteiger partial charge in [0.2, 0.25) is 0 Å². The summed E-state index contributed by atoms with van der Waals surface area (Å²) >= 11 is 1.69. The second-order valence-corrected chi connectivity index (χ2v) is 6.49. The van der Waals surface area contributed by atoms with E-state index in [1.807, 2.05) is 12.1 Å². The van der Waals surface area contributed by atoms with Crippen LogP contribution in [-0.2, 0) is 0 Å². The van der Waals surface area contributed by atoms with Crippen LogP contribution in [0.1, 0.15) is 19.3 Å². The van der Waals surface area contributed by atoms with E-state index in [1.54, 1.807) is 11.3 Å². The van der Waals surface area contributed by atoms with Gasteiger partial charge < -0.3 is 15.6 Å². The third-order valence-electron chi connectivity index (χ3n) is 4.08. The molecule has 1 fully saturated rings. The van der Waals surface area contributed by atoms with E-state index >= 15 is 0 Å². The Morgan fingerprint density at radius 2 is 2.05 bits per heavy atom. The number of nitrogens with one attached hydrogen (secondary N) is 1. The fraction of sp³-hybridized carbons (Fsp3) is 0.312. The maximum absolute atomic E-state index is 6.26. The predicted molar refractivity (Wildman–Crippen MR) is 89.9 cm³/mol. The number of thiophene rings is 1. The molecule has 4 nitrogen and oxygen atoms in total. The van der Waals surface area contributed by atoms with Crippen LogP contribution in [0.2, 0.25) is 0 Å². The van der Waals surface area contributed by atoms with Crippen LogP contribution in [0.4, 0.5) is 11.4 Å². The maximum atomic E-state index is 6.26. The molecule has 0 bridgehead atoms. The minimum Gasteiger partial charge on any atom is -0.397 e. The highest BCUT2D eigenvalue weighted by Crippen LogP contribution is 2.32. The Bertz CT molecular complexity index is 754. The average molecular weight is 298 g/mol. The minimum absolute atomic E-state index is 0.839. The number of nitrogens with two attached hydrogens (primary N) is 1. The molecule has 0 radical (unpaired) electrons. The highest BCUT2D eigenvalue weighted by molar-refractivity contribution is 7.13. The number of nitrogen functional groups attached to an aromatic ring is 1. The number of benzene rings is 1. The monoisotopic (exact) mass is 298 g/mol. The van der Waals surface area contributed by atoms with Gasteiger partial charge in [-0.2, -0.15) is 0 Å². The van der Waals surface area contributed by atoms with E-state index in [1.165, 1.54) is 19.3 Å². The van der Waals surface area contributed by atoms with Crippen molar-refractivity contribution in [2.45, 2.75) is 19.3 Å². The number of hydrogen-bond donors (Lipinski definition) is 2. The summed E-state index contributed by atoms with van der Waals surface area (Å²) in [5.41, 5.74) is 10.2. The molecule has 2 aromatic heterocycles. The number of anilines is 2. The largest absolute Gasteiger partial charge is 0.397 e. The number of nitrogens with zero attached hydrogens (tertiary/aromatic N) is 2. The van der Waals surface area contributed by atoms with Crippen molar-refractivity contribution in [2.75, 3.05) is 23.7 Å². The van der Waals surface area contributed by atoms with Crippen molar-refractivity contribution in [3.05, 3.63) is 29.6 Å². The van der Waals surface area contributed by atoms with E-state index < -0.39 is 0 Å². The molecule has 1 saturated heterocycles. The molecule has 0 saturated carbocycles. The molecule has 0 unspecified atom stereocenters. The molecule has 5 heteroatoms. The van der Waals surface area contributed by atoms with E-state index in [9.17, 15) is 0 Å². The summed E-state index contributed by atoms with van der Waals surface area (Å²) in [4.78, 5) is 11.6. The van der Waals surface area contributed by atoms with Crippen molar-refractivity contribution in [1.29, 1.82) is 0 Å². The smallest absolute Gasteiger partial charge is 0.148 e. The van der Waals surface area contributed by atoms with Crippen LogP contribution < -0.4 is 10.6 Å². The van der Waals surface area contributed by atoms with Gasteiger partial charge in [0.05, 0.1) is 27.3 Å². The molecule has 1 aromatic carbocycles. The summed E-state index contributed by atoms with van der Waals surface area (Å²) in [5.74, 6) is 0.926. The minimum atomic E-state index is 0.839. The van der Waals surface area contributed by atoms with Gasteiger partial charge in [-0.05, 0) is 42.8 Å². The van der Waals surface area contributed by atoms with Gasteiger partial charge in [-0.15, -0.1) is 11.3 Å². The molecule has 3 aromatic rings. The lowest BCUT2D eigenvalue weighted by Crippen LogP contribution is -2.30. The second kappa shape index (κ2) is 5.07. The van der Waals surface area contributed by atoms with E-state index in [-0.39, 0.29) is 0 Å². The van der Waals surface area contributed by atoms with Crippen molar-refractivity contribution in [3.8, 4) is 10.7 Å². The summed E-state index contributed by atoms with van der Waals surface area (Å²) < 4.78 is 0. The fourth-order valence-electron chi connectivity index (χ4n) is 3.00. The predicted octanol–water partition coefficient (Wildman–Crippen LogP) is 3.86. The molecule has 108 valence electrons. The Labute approximate surface area is 127 Å². The number of piperidine rings is 1. The first-order valence-electron chi connectivity index (χ1n) is 7.39. The van der Waals surface area contributed by atoms with E-state index in [0.717, 1.165) is 46.2 Å². The molecule has 1 aliphatic heterocycles. The Morgan fingerprint density at radius 3 is 2.81 bits per heavy atom. The number of hydrogen-bond acceptors (Lipinski definition) is 4. The topological polar surface area (TPSA) is 57.9 Å². The number of aromatic nitrogens is 2. The summed E-state index contributed by atoms with van der Waals surface area (Å²) in [5, 5.41) is 2.07. The van der Waals surface area contributed by atoms with Crippen LogP contribution in [-0.4, -0.2) is 23.1 Å². The molecular weight excluding hydrogens is 280 g/mol. The molecule has 1 aliphatic rings. The summed E-state index contributed by atoms with van der Waals surface area (Å²) in [6, 6.07) is 8.27. The maximum Gasteiger partial charge on any atom is 0.148 e. The van der Waals surface area contributed by atoms with Crippen molar-refractivity contribution in [2.24, 2.45) is 0 Å². The van der Waals surface area contributed by atoms with Crippen molar-refractivity contribution >= 4 is 33.7 Å². The molecule has 4 rings (SSSR count). The summed E-state index contributed by atoms with van der Waals surface area (Å²) in [6.07, 6.45) is 3.82. The molecular formula is C16H18N4S. The average Bonchev–Trinajstić information content (AvgIpc) is 3.16. The van der Waals surface area contributed by atoms with Gasteiger partial charge in [0.1, 0.15) is 5.82 Å². The lowest BCUT2D eigenvalue weighted by Gasteiger charge is -2.29. The van der Waals surface area contributed by atoms with Crippen LogP contribution in [0.3, 0.4) is 0 Å². The fourth-order valence-corrected chi connectivity index (χ4v) is 3.67. The first-order valence-corrected chi connectivity index (χ1v) is 8.27. The van der Waals surface area contributed by atoms with E-state index in [0.29, 0.717) is 0 Å². The SMILES string of the molecule is Nc1cc2[nH]c(-c3cccs3)nc2cc1N1CCCCC1. The third kappa shape index (κ3) is 2.27. The normalized spacial score (nSPS) is 15.7. The number of fused-ring (bicyclic) bond motifs is 1. The quantitative estimate of drug-likeness (QED) is 0.706. The van der Waals surface area contributed by atoms with Crippen molar-refractivity contribution in [1.82, 2.24) is 9.97 Å². The number of imidazole rings is 1. The van der Waals surface area contributed by atoms with Gasteiger partial charge in [-0.25, -0.2) is 4.98 Å². The zero-order chi connectivity index (χ0) is 14.2. The van der Waals surface area contributed by atoms with E-state index in [4.69, 9.17) is 10.7 Å². The second-order valence-electron chi connectivity index (χ2n) is 5.54. The standard InChI is InChI=1S/C16H18N4S/c17-11-9-12-13(10-14(11)20-6-2-1-3-7-20)19-16(18-12)15-5-4-8-21-15/h4-5,8-10H,1-3,6-7,17H2,(H,18,19). The highest BCUT2D eigenvalue weighted by atomic mass is 32.1. The molecule has 3 N–H and O–H groups in total. The lowest BCUT2D eigenvalue weighted by atomic mass is 10.1. The van der Waals surface area contributed by atoms with Crippen molar-refractivity contribution < 1.29 is 0 Å². The summed E-state index contributed by atoms with van der Waals surface area (Å²) in [7, 11) is 0. The molecule has 0 spiro atoms. The highest BCUT2D eigenvalue weighted by Gasteiger charge is 2.16. The van der Waals surface area contributed by atoms with Gasteiger partial charge in [0.15, 0.2) is 0 Å². The van der Waals surface area contributed by atoms with Crippen LogP contribution in [0, 0.1) is 0 Å². The lowest BCUT2D eigenvalue weighted by molar-refractivity contribution is 0.578. The van der Waals surface area contributed by atoms with Gasteiger partial charge in [0.25, 0.3) is 0 Å². The first-order chi connectivity index (χ1) is 10.3. The Kier molecular flexibility index (Phi) is 3.07. The zero-order valence-corrected chi connectivity index (χ0v) is 12.6. The van der Waals surface area contributed by atoms with E-state index in [2.05, 4.69) is 27.4 Å². The third-order valence-corrected chi connectivity index (χ3v) is 4.96. The Balaban J connectivity index is 1.77. The van der Waals surface area contributed by atoms with Gasteiger partial charge in [-0.3, -0.25) is 0 Å². The van der Waals surface area contributed by atoms with Gasteiger partial charge in [0, 0.05) is 13.1 Å². The Hall–Kier alpha value is -2.01. The number of aromatic amines is 1. The van der Waals surface area contributed by atoms with Crippen LogP contribution in [0.5, 0.6) is 0 Å². The van der Waals surface area contributed by atoms with Crippen LogP contribution in [0.15, 0.2) is 29.6 Å². The number of H-pyrrole nitrogens is 1. The molecule has 3 heterocycles. The van der Waals surface area contributed by atoms with Crippen molar-refractivity contribution in [3.63, 3.8) is 0 Å². The molecule has 21 heavy (non-hydrogen) atoms. The van der Waals surface area contributed by atoms with Gasteiger partial charge >= 0.3 is 0 Å². The first kappa shape index (κ1) is 12.7.